The molecular formula is C17H21N3O2S. The van der Waals surface area contributed by atoms with Gasteiger partial charge in [0.05, 0.1) is 17.7 Å². The molecule has 1 aromatic rings. The zero-order chi connectivity index (χ0) is 17.1. The van der Waals surface area contributed by atoms with Gasteiger partial charge in [-0.3, -0.25) is 4.99 Å². The van der Waals surface area contributed by atoms with E-state index in [-0.39, 0.29) is 24.5 Å². The van der Waals surface area contributed by atoms with Crippen LogP contribution < -0.4 is 0 Å². The fourth-order valence-electron chi connectivity index (χ4n) is 1.81. The highest BCUT2D eigenvalue weighted by atomic mass is 32.2. The van der Waals surface area contributed by atoms with Crippen LogP contribution in [0.2, 0.25) is 0 Å². The Labute approximate surface area is 138 Å². The molecule has 23 heavy (non-hydrogen) atoms. The molecule has 0 aliphatic rings. The van der Waals surface area contributed by atoms with E-state index in [1.807, 2.05) is 26.0 Å². The molecule has 1 rings (SSSR count). The summed E-state index contributed by atoms with van der Waals surface area (Å²) in [5, 5.41) is 8.45. The molecule has 0 bridgehead atoms. The topological polar surface area (TPSA) is 73.5 Å². The van der Waals surface area contributed by atoms with E-state index in [2.05, 4.69) is 4.99 Å². The number of sulfonamides is 1. The van der Waals surface area contributed by atoms with Crippen LogP contribution in [0.4, 0.5) is 0 Å². The number of hydrogen-bond donors (Lipinski definition) is 0. The molecule has 5 nitrogen and oxygen atoms in total. The Balaban J connectivity index is 2.97. The molecule has 0 saturated carbocycles. The van der Waals surface area contributed by atoms with Crippen molar-refractivity contribution in [3.8, 4) is 6.07 Å². The molecule has 0 N–H and O–H groups in total. The summed E-state index contributed by atoms with van der Waals surface area (Å²) >= 11 is 0. The van der Waals surface area contributed by atoms with Crippen molar-refractivity contribution in [3.05, 3.63) is 54.1 Å². The number of aliphatic imine (C=N–C) groups is 1. The molecule has 0 aliphatic heterocycles. The lowest BCUT2D eigenvalue weighted by molar-refractivity contribution is 0.450. The van der Waals surface area contributed by atoms with Crippen molar-refractivity contribution in [2.75, 3.05) is 19.6 Å². The van der Waals surface area contributed by atoms with Crippen LogP contribution >= 0.6 is 0 Å². The minimum absolute atomic E-state index is 0.217. The maximum Gasteiger partial charge on any atom is 0.243 e. The van der Waals surface area contributed by atoms with Gasteiger partial charge in [0.25, 0.3) is 0 Å². The summed E-state index contributed by atoms with van der Waals surface area (Å²) in [5.74, 6) is 0. The van der Waals surface area contributed by atoms with Crippen molar-refractivity contribution in [3.63, 3.8) is 0 Å². The third kappa shape index (κ3) is 6.19. The van der Waals surface area contributed by atoms with Crippen molar-refractivity contribution in [1.29, 1.82) is 5.26 Å². The molecule has 6 heteroatoms. The summed E-state index contributed by atoms with van der Waals surface area (Å²) in [4.78, 5) is 4.12. The fourth-order valence-corrected chi connectivity index (χ4v) is 3.19. The number of rotatable bonds is 8. The predicted molar refractivity (Wildman–Crippen MR) is 92.9 cm³/mol. The van der Waals surface area contributed by atoms with Gasteiger partial charge in [-0.25, -0.2) is 8.42 Å². The van der Waals surface area contributed by atoms with Gasteiger partial charge in [0.2, 0.25) is 10.0 Å². The van der Waals surface area contributed by atoms with Crippen LogP contribution in [0.15, 0.2) is 58.5 Å². The van der Waals surface area contributed by atoms with Crippen LogP contribution in [-0.2, 0) is 10.0 Å². The zero-order valence-corrected chi connectivity index (χ0v) is 14.2. The van der Waals surface area contributed by atoms with Crippen LogP contribution in [0.5, 0.6) is 0 Å². The highest BCUT2D eigenvalue weighted by molar-refractivity contribution is 7.89. The van der Waals surface area contributed by atoms with Crippen LogP contribution in [0, 0.1) is 18.3 Å². The van der Waals surface area contributed by atoms with E-state index < -0.39 is 10.0 Å². The first-order chi connectivity index (χ1) is 11.0. The molecule has 0 amide bonds. The second kappa shape index (κ2) is 9.72. The Morgan fingerprint density at radius 2 is 1.96 bits per heavy atom. The summed E-state index contributed by atoms with van der Waals surface area (Å²) < 4.78 is 26.8. The number of benzene rings is 1. The quantitative estimate of drug-likeness (QED) is 0.543. The molecule has 0 heterocycles. The largest absolute Gasteiger partial charge is 0.281 e. The predicted octanol–water partition coefficient (Wildman–Crippen LogP) is 2.71. The lowest BCUT2D eigenvalue weighted by atomic mass is 10.2. The van der Waals surface area contributed by atoms with Crippen molar-refractivity contribution in [2.24, 2.45) is 4.99 Å². The van der Waals surface area contributed by atoms with E-state index in [0.29, 0.717) is 0 Å². The van der Waals surface area contributed by atoms with Crippen molar-refractivity contribution < 1.29 is 8.42 Å². The van der Waals surface area contributed by atoms with Gasteiger partial charge in [-0.2, -0.15) is 9.57 Å². The van der Waals surface area contributed by atoms with Gasteiger partial charge in [-0.1, -0.05) is 42.0 Å². The molecule has 0 spiro atoms. The van der Waals surface area contributed by atoms with Gasteiger partial charge in [0.1, 0.15) is 6.07 Å². The van der Waals surface area contributed by atoms with Gasteiger partial charge in [0.15, 0.2) is 0 Å². The molecule has 0 saturated heterocycles. The lowest BCUT2D eigenvalue weighted by Crippen LogP contribution is -2.33. The molecule has 1 aromatic carbocycles. The summed E-state index contributed by atoms with van der Waals surface area (Å²) in [6, 6.07) is 8.55. The van der Waals surface area contributed by atoms with Gasteiger partial charge >= 0.3 is 0 Å². The molecular weight excluding hydrogens is 310 g/mol. The minimum Gasteiger partial charge on any atom is -0.281 e. The minimum atomic E-state index is -3.59. The fraction of sp³-hybridized carbons (Fsp3) is 0.294. The molecule has 0 aromatic heterocycles. The molecule has 0 fully saturated rings. The molecule has 122 valence electrons. The second-order valence-electron chi connectivity index (χ2n) is 4.79. The first-order valence-electron chi connectivity index (χ1n) is 7.25. The maximum absolute atomic E-state index is 12.7. The summed E-state index contributed by atoms with van der Waals surface area (Å²) in [6.45, 7) is 4.51. The SMILES string of the molecule is C/C=C/C=C/CN(CCN=CC#N)S(=O)(=O)c1ccc(C)cc1. The van der Waals surface area contributed by atoms with Crippen molar-refractivity contribution >= 4 is 16.2 Å². The van der Waals surface area contributed by atoms with Gasteiger partial charge < -0.3 is 0 Å². The van der Waals surface area contributed by atoms with Gasteiger partial charge in [0, 0.05) is 13.1 Å². The average Bonchev–Trinajstić information content (AvgIpc) is 2.53. The van der Waals surface area contributed by atoms with Crippen LogP contribution in [0.1, 0.15) is 12.5 Å². The molecule has 0 unspecified atom stereocenters. The zero-order valence-electron chi connectivity index (χ0n) is 13.4. The normalized spacial score (nSPS) is 12.6. The average molecular weight is 331 g/mol. The molecule has 0 aliphatic carbocycles. The Hall–Kier alpha value is -2.23. The number of nitriles is 1. The van der Waals surface area contributed by atoms with Crippen LogP contribution in [0.25, 0.3) is 0 Å². The Kier molecular flexibility index (Phi) is 7.95. The number of hydrogen-bond acceptors (Lipinski definition) is 4. The summed E-state index contributed by atoms with van der Waals surface area (Å²) in [5.41, 5.74) is 1.00. The Morgan fingerprint density at radius 3 is 2.57 bits per heavy atom. The maximum atomic E-state index is 12.7. The summed E-state index contributed by atoms with van der Waals surface area (Å²) in [6.07, 6.45) is 8.40. The first-order valence-corrected chi connectivity index (χ1v) is 8.69. The van der Waals surface area contributed by atoms with Gasteiger partial charge in [-0.05, 0) is 26.0 Å². The number of aryl methyl sites for hydroxylation is 1. The Morgan fingerprint density at radius 1 is 1.26 bits per heavy atom. The number of allylic oxidation sites excluding steroid dienone is 3. The van der Waals surface area contributed by atoms with Crippen LogP contribution in [0.3, 0.4) is 0 Å². The van der Waals surface area contributed by atoms with E-state index in [1.165, 1.54) is 4.31 Å². The summed E-state index contributed by atoms with van der Waals surface area (Å²) in [7, 11) is -3.59. The van der Waals surface area contributed by atoms with Crippen molar-refractivity contribution in [2.45, 2.75) is 18.7 Å². The molecule has 0 atom stereocenters. The number of nitrogens with zero attached hydrogens (tertiary/aromatic N) is 3. The van der Waals surface area contributed by atoms with E-state index in [0.717, 1.165) is 11.8 Å². The monoisotopic (exact) mass is 331 g/mol. The second-order valence-corrected chi connectivity index (χ2v) is 6.73. The third-order valence-corrected chi connectivity index (χ3v) is 4.91. The smallest absolute Gasteiger partial charge is 0.243 e. The van der Waals surface area contributed by atoms with E-state index in [1.54, 1.807) is 42.5 Å². The van der Waals surface area contributed by atoms with Crippen LogP contribution in [-0.4, -0.2) is 38.6 Å². The third-order valence-electron chi connectivity index (χ3n) is 3.03. The Bertz CT molecular complexity index is 711. The van der Waals surface area contributed by atoms with Gasteiger partial charge in [-0.15, -0.1) is 0 Å². The van der Waals surface area contributed by atoms with E-state index >= 15 is 0 Å². The lowest BCUT2D eigenvalue weighted by Gasteiger charge is -2.20. The highest BCUT2D eigenvalue weighted by Crippen LogP contribution is 2.16. The highest BCUT2D eigenvalue weighted by Gasteiger charge is 2.22. The first kappa shape index (κ1) is 18.8. The van der Waals surface area contributed by atoms with E-state index in [4.69, 9.17) is 5.26 Å². The standard InChI is InChI=1S/C17H21N3O2S/c1-3-4-5-6-14-20(15-13-19-12-11-18)23(21,22)17-9-7-16(2)8-10-17/h3-10,12H,13-15H2,1-2H3/b4-3+,6-5+,19-12?. The van der Waals surface area contributed by atoms with Crippen molar-refractivity contribution in [1.82, 2.24) is 4.31 Å². The van der Waals surface area contributed by atoms with E-state index in [9.17, 15) is 8.42 Å². The molecule has 0 radical (unpaired) electrons.